The first-order valence-corrected chi connectivity index (χ1v) is 6.15. The number of aryl methyl sites for hydroxylation is 1. The molecule has 0 fully saturated rings. The van der Waals surface area contributed by atoms with Crippen LogP contribution in [-0.2, 0) is 7.05 Å². The fraction of sp³-hybridized carbons (Fsp3) is 0.0714. The van der Waals surface area contributed by atoms with E-state index < -0.39 is 0 Å². The van der Waals surface area contributed by atoms with Crippen molar-refractivity contribution >= 4 is 27.7 Å². The molecule has 4 rings (SSSR count). The Morgan fingerprint density at radius 3 is 3.00 bits per heavy atom. The van der Waals surface area contributed by atoms with Gasteiger partial charge in [-0.25, -0.2) is 4.98 Å². The van der Waals surface area contributed by atoms with Gasteiger partial charge in [-0.05, 0) is 18.2 Å². The topological polar surface area (TPSA) is 82.8 Å². The van der Waals surface area contributed by atoms with Gasteiger partial charge in [-0.1, -0.05) is 0 Å². The second-order valence-corrected chi connectivity index (χ2v) is 4.59. The molecule has 0 spiro atoms. The van der Waals surface area contributed by atoms with Crippen LogP contribution in [0.5, 0.6) is 0 Å². The number of nitrogens with zero attached hydrogens (tertiary/aromatic N) is 4. The number of pyridine rings is 2. The minimum Gasteiger partial charge on any atom is -0.451 e. The number of furan rings is 1. The number of anilines is 1. The average Bonchev–Trinajstić information content (AvgIpc) is 2.99. The molecule has 6 heteroatoms. The molecular formula is C14H11N5O. The van der Waals surface area contributed by atoms with Crippen molar-refractivity contribution in [2.75, 3.05) is 5.73 Å². The van der Waals surface area contributed by atoms with Crippen LogP contribution in [0.1, 0.15) is 0 Å². The van der Waals surface area contributed by atoms with Crippen LogP contribution in [0.25, 0.3) is 33.3 Å². The molecule has 2 N–H and O–H groups in total. The minimum atomic E-state index is 0.391. The second kappa shape index (κ2) is 3.80. The predicted octanol–water partition coefficient (Wildman–Crippen LogP) is 2.36. The summed E-state index contributed by atoms with van der Waals surface area (Å²) in [7, 11) is 1.88. The van der Waals surface area contributed by atoms with Crippen LogP contribution < -0.4 is 5.73 Å². The van der Waals surface area contributed by atoms with Crippen molar-refractivity contribution in [3.8, 4) is 11.5 Å². The Hall–Kier alpha value is -2.89. The van der Waals surface area contributed by atoms with Gasteiger partial charge in [0, 0.05) is 30.2 Å². The van der Waals surface area contributed by atoms with Crippen LogP contribution in [0.4, 0.5) is 5.82 Å². The summed E-state index contributed by atoms with van der Waals surface area (Å²) in [6, 6.07) is 5.75. The van der Waals surface area contributed by atoms with E-state index in [0.29, 0.717) is 11.4 Å². The quantitative estimate of drug-likeness (QED) is 0.571. The van der Waals surface area contributed by atoms with Gasteiger partial charge in [0.15, 0.2) is 17.2 Å². The van der Waals surface area contributed by atoms with Gasteiger partial charge < -0.3 is 10.2 Å². The Balaban J connectivity index is 2.06. The molecule has 0 saturated heterocycles. The van der Waals surface area contributed by atoms with Crippen molar-refractivity contribution in [3.05, 3.63) is 36.8 Å². The van der Waals surface area contributed by atoms with Crippen LogP contribution in [0.2, 0.25) is 0 Å². The number of aromatic nitrogens is 4. The molecular weight excluding hydrogens is 254 g/mol. The third-order valence-corrected chi connectivity index (χ3v) is 3.33. The highest BCUT2D eigenvalue weighted by Gasteiger charge is 2.16. The molecule has 20 heavy (non-hydrogen) atoms. The first kappa shape index (κ1) is 11.0. The highest BCUT2D eigenvalue weighted by atomic mass is 16.3. The number of fused-ring (bicyclic) bond motifs is 2. The van der Waals surface area contributed by atoms with Crippen LogP contribution in [0, 0.1) is 0 Å². The summed E-state index contributed by atoms with van der Waals surface area (Å²) in [5.41, 5.74) is 8.17. The molecule has 0 bridgehead atoms. The van der Waals surface area contributed by atoms with Crippen molar-refractivity contribution in [1.82, 2.24) is 19.7 Å². The third kappa shape index (κ3) is 1.41. The summed E-state index contributed by atoms with van der Waals surface area (Å²) in [6.07, 6.45) is 5.14. The molecule has 4 aromatic heterocycles. The molecule has 0 aliphatic rings. The van der Waals surface area contributed by atoms with Crippen molar-refractivity contribution in [2.24, 2.45) is 7.05 Å². The molecule has 0 atom stereocenters. The summed E-state index contributed by atoms with van der Waals surface area (Å²) in [5.74, 6) is 1.11. The zero-order chi connectivity index (χ0) is 13.7. The second-order valence-electron chi connectivity index (χ2n) is 4.59. The summed E-state index contributed by atoms with van der Waals surface area (Å²) >= 11 is 0. The van der Waals surface area contributed by atoms with E-state index in [1.807, 2.05) is 25.2 Å². The van der Waals surface area contributed by atoms with E-state index in [1.165, 1.54) is 0 Å². The molecule has 0 radical (unpaired) electrons. The van der Waals surface area contributed by atoms with E-state index >= 15 is 0 Å². The van der Waals surface area contributed by atoms with E-state index in [9.17, 15) is 0 Å². The van der Waals surface area contributed by atoms with Crippen LogP contribution in [0.15, 0.2) is 41.2 Å². The maximum Gasteiger partial charge on any atom is 0.176 e. The van der Waals surface area contributed by atoms with E-state index in [-0.39, 0.29) is 0 Å². The Morgan fingerprint density at radius 2 is 2.15 bits per heavy atom. The Kier molecular flexibility index (Phi) is 2.09. The number of nitrogen functional groups attached to an aromatic ring is 1. The summed E-state index contributed by atoms with van der Waals surface area (Å²) < 4.78 is 7.65. The van der Waals surface area contributed by atoms with E-state index in [2.05, 4.69) is 15.1 Å². The van der Waals surface area contributed by atoms with Crippen LogP contribution in [0.3, 0.4) is 0 Å². The smallest absolute Gasteiger partial charge is 0.176 e. The predicted molar refractivity (Wildman–Crippen MR) is 75.9 cm³/mol. The molecule has 4 aromatic rings. The molecule has 0 amide bonds. The zero-order valence-electron chi connectivity index (χ0n) is 10.7. The first-order chi connectivity index (χ1) is 9.74. The highest BCUT2D eigenvalue weighted by molar-refractivity contribution is 5.95. The highest BCUT2D eigenvalue weighted by Crippen LogP contribution is 2.33. The Bertz CT molecular complexity index is 937. The van der Waals surface area contributed by atoms with Gasteiger partial charge in [-0.2, -0.15) is 5.10 Å². The van der Waals surface area contributed by atoms with Crippen molar-refractivity contribution < 1.29 is 4.42 Å². The number of hydrogen-bond acceptors (Lipinski definition) is 5. The summed E-state index contributed by atoms with van der Waals surface area (Å²) in [6.45, 7) is 0. The molecule has 4 heterocycles. The lowest BCUT2D eigenvalue weighted by molar-refractivity contribution is 0.619. The van der Waals surface area contributed by atoms with Gasteiger partial charge >= 0.3 is 0 Å². The van der Waals surface area contributed by atoms with Gasteiger partial charge in [-0.15, -0.1) is 0 Å². The normalized spacial score (nSPS) is 11.4. The minimum absolute atomic E-state index is 0.391. The number of hydrogen-bond donors (Lipinski definition) is 1. The molecule has 0 saturated carbocycles. The lowest BCUT2D eigenvalue weighted by atomic mass is 10.2. The number of rotatable bonds is 1. The van der Waals surface area contributed by atoms with E-state index in [0.717, 1.165) is 27.7 Å². The van der Waals surface area contributed by atoms with E-state index in [4.69, 9.17) is 10.2 Å². The van der Waals surface area contributed by atoms with E-state index in [1.54, 1.807) is 23.3 Å². The lowest BCUT2D eigenvalue weighted by Crippen LogP contribution is -1.92. The fourth-order valence-corrected chi connectivity index (χ4v) is 2.45. The van der Waals surface area contributed by atoms with Crippen LogP contribution in [-0.4, -0.2) is 19.7 Å². The number of nitrogens with two attached hydrogens (primary N) is 1. The SMILES string of the molecule is Cn1nc2cnccc2c1-c1cc2ccnc(N)c2o1. The monoisotopic (exact) mass is 265 g/mol. The average molecular weight is 265 g/mol. The maximum atomic E-state index is 5.86. The summed E-state index contributed by atoms with van der Waals surface area (Å²) in [5, 5.41) is 6.35. The van der Waals surface area contributed by atoms with Crippen LogP contribution >= 0.6 is 0 Å². The van der Waals surface area contributed by atoms with Gasteiger partial charge in [0.2, 0.25) is 0 Å². The van der Waals surface area contributed by atoms with Gasteiger partial charge in [0.25, 0.3) is 0 Å². The third-order valence-electron chi connectivity index (χ3n) is 3.33. The first-order valence-electron chi connectivity index (χ1n) is 6.15. The molecule has 98 valence electrons. The molecule has 0 aliphatic heterocycles. The van der Waals surface area contributed by atoms with Crippen molar-refractivity contribution in [1.29, 1.82) is 0 Å². The molecule has 0 aliphatic carbocycles. The molecule has 6 nitrogen and oxygen atoms in total. The van der Waals surface area contributed by atoms with Gasteiger partial charge in [0.1, 0.15) is 11.2 Å². The fourth-order valence-electron chi connectivity index (χ4n) is 2.45. The Labute approximate surface area is 113 Å². The lowest BCUT2D eigenvalue weighted by Gasteiger charge is -1.97. The van der Waals surface area contributed by atoms with Crippen molar-refractivity contribution in [3.63, 3.8) is 0 Å². The zero-order valence-corrected chi connectivity index (χ0v) is 10.7. The van der Waals surface area contributed by atoms with Gasteiger partial charge in [-0.3, -0.25) is 9.67 Å². The van der Waals surface area contributed by atoms with Gasteiger partial charge in [0.05, 0.1) is 6.20 Å². The standard InChI is InChI=1S/C14H11N5O/c1-19-12(9-3-4-16-7-10(9)18-19)11-6-8-2-5-17-14(15)13(8)20-11/h2-7H,1H3,(H2,15,17). The summed E-state index contributed by atoms with van der Waals surface area (Å²) in [4.78, 5) is 8.12. The largest absolute Gasteiger partial charge is 0.451 e. The van der Waals surface area contributed by atoms with Crippen molar-refractivity contribution in [2.45, 2.75) is 0 Å². The molecule has 0 unspecified atom stereocenters. The maximum absolute atomic E-state index is 5.86. The molecule has 0 aromatic carbocycles. The Morgan fingerprint density at radius 1 is 1.25 bits per heavy atom.